The molecule has 4 N–H and O–H groups in total. The minimum absolute atomic E-state index is 0. The third-order valence-corrected chi connectivity index (χ3v) is 1.53. The second kappa shape index (κ2) is 5.98. The van der Waals surface area contributed by atoms with Crippen molar-refractivity contribution < 1.29 is 0 Å². The van der Waals surface area contributed by atoms with Crippen LogP contribution in [0.25, 0.3) is 0 Å². The van der Waals surface area contributed by atoms with E-state index in [2.05, 4.69) is 12.2 Å². The lowest BCUT2D eigenvalue weighted by atomic mass is 9.98. The van der Waals surface area contributed by atoms with Crippen LogP contribution in [0.4, 0.5) is 0 Å². The van der Waals surface area contributed by atoms with Crippen molar-refractivity contribution in [2.24, 2.45) is 11.5 Å². The van der Waals surface area contributed by atoms with Crippen LogP contribution in [-0.4, -0.2) is 12.1 Å². The van der Waals surface area contributed by atoms with E-state index in [1.807, 2.05) is 0 Å². The molecule has 0 heterocycles. The zero-order valence-corrected chi connectivity index (χ0v) is 7.33. The van der Waals surface area contributed by atoms with Crippen molar-refractivity contribution in [3.63, 3.8) is 0 Å². The molecule has 0 amide bonds. The van der Waals surface area contributed by atoms with Crippen molar-refractivity contribution >= 4 is 24.8 Å². The summed E-state index contributed by atoms with van der Waals surface area (Å²) >= 11 is 0. The van der Waals surface area contributed by atoms with Gasteiger partial charge in [0.05, 0.1) is 0 Å². The van der Waals surface area contributed by atoms with Gasteiger partial charge in [0.1, 0.15) is 0 Å². The maximum absolute atomic E-state index is 5.60. The van der Waals surface area contributed by atoms with E-state index in [9.17, 15) is 0 Å². The number of nitrogens with two attached hydrogens (primary N) is 2. The smallest absolute Gasteiger partial charge is 0.0230 e. The molecule has 0 fully saturated rings. The van der Waals surface area contributed by atoms with E-state index in [4.69, 9.17) is 11.5 Å². The van der Waals surface area contributed by atoms with E-state index in [-0.39, 0.29) is 36.9 Å². The van der Waals surface area contributed by atoms with Crippen LogP contribution in [0, 0.1) is 0 Å². The van der Waals surface area contributed by atoms with Crippen LogP contribution in [0.1, 0.15) is 12.8 Å². The molecule has 0 unspecified atom stereocenters. The van der Waals surface area contributed by atoms with Gasteiger partial charge >= 0.3 is 0 Å². The molecular formula is C6H14Cl2N2. The molecule has 1 aliphatic rings. The molecule has 0 aromatic heterocycles. The average molecular weight is 185 g/mol. The largest absolute Gasteiger partial charge is 0.326 e. The molecule has 1 rings (SSSR count). The first-order chi connectivity index (χ1) is 3.80. The monoisotopic (exact) mass is 184 g/mol. The van der Waals surface area contributed by atoms with Gasteiger partial charge in [-0.2, -0.15) is 0 Å². The first kappa shape index (κ1) is 12.9. The molecular weight excluding hydrogens is 171 g/mol. The van der Waals surface area contributed by atoms with Gasteiger partial charge in [-0.1, -0.05) is 12.2 Å². The first-order valence-corrected chi connectivity index (χ1v) is 2.97. The molecule has 0 aromatic carbocycles. The van der Waals surface area contributed by atoms with Crippen LogP contribution in [0.3, 0.4) is 0 Å². The zero-order chi connectivity index (χ0) is 5.98. The molecule has 1 aliphatic carbocycles. The van der Waals surface area contributed by atoms with Crippen molar-refractivity contribution in [1.82, 2.24) is 0 Å². The summed E-state index contributed by atoms with van der Waals surface area (Å²) in [5.41, 5.74) is 11.2. The van der Waals surface area contributed by atoms with Crippen LogP contribution in [-0.2, 0) is 0 Å². The summed E-state index contributed by atoms with van der Waals surface area (Å²) in [6.07, 6.45) is 6.07. The van der Waals surface area contributed by atoms with Gasteiger partial charge in [0.15, 0.2) is 0 Å². The highest BCUT2D eigenvalue weighted by atomic mass is 35.5. The van der Waals surface area contributed by atoms with E-state index in [0.29, 0.717) is 0 Å². The fourth-order valence-corrected chi connectivity index (χ4v) is 0.856. The number of hydrogen-bond acceptors (Lipinski definition) is 2. The highest BCUT2D eigenvalue weighted by Crippen LogP contribution is 2.06. The highest BCUT2D eigenvalue weighted by Gasteiger charge is 2.12. The summed E-state index contributed by atoms with van der Waals surface area (Å²) < 4.78 is 0. The molecule has 0 bridgehead atoms. The Morgan fingerprint density at radius 1 is 0.900 bits per heavy atom. The van der Waals surface area contributed by atoms with Crippen LogP contribution >= 0.6 is 24.8 Å². The maximum atomic E-state index is 5.60. The fourth-order valence-electron chi connectivity index (χ4n) is 0.856. The standard InChI is InChI=1S/C6H12N2.2ClH/c7-5-3-1-2-4-6(5)8;;/h1-2,5-6H,3-4,7-8H2;2*1H/t5-,6+;;. The third kappa shape index (κ3) is 3.42. The molecule has 0 spiro atoms. The second-order valence-electron chi connectivity index (χ2n) is 2.27. The van der Waals surface area contributed by atoms with Crippen molar-refractivity contribution in [3.05, 3.63) is 12.2 Å². The number of rotatable bonds is 0. The summed E-state index contributed by atoms with van der Waals surface area (Å²) in [6, 6.07) is 0.389. The van der Waals surface area contributed by atoms with E-state index in [0.717, 1.165) is 12.8 Å². The second-order valence-corrected chi connectivity index (χ2v) is 2.27. The van der Waals surface area contributed by atoms with Crippen molar-refractivity contribution in [2.75, 3.05) is 0 Å². The summed E-state index contributed by atoms with van der Waals surface area (Å²) in [6.45, 7) is 0. The van der Waals surface area contributed by atoms with Gasteiger partial charge in [-0.15, -0.1) is 24.8 Å². The predicted molar refractivity (Wildman–Crippen MR) is 48.8 cm³/mol. The van der Waals surface area contributed by atoms with Crippen molar-refractivity contribution in [3.8, 4) is 0 Å². The zero-order valence-electron chi connectivity index (χ0n) is 5.69. The molecule has 2 atom stereocenters. The van der Waals surface area contributed by atoms with E-state index >= 15 is 0 Å². The average Bonchev–Trinajstić information content (AvgIpc) is 1.77. The quantitative estimate of drug-likeness (QED) is 0.549. The van der Waals surface area contributed by atoms with Gasteiger partial charge in [0.2, 0.25) is 0 Å². The van der Waals surface area contributed by atoms with Gasteiger partial charge in [-0.25, -0.2) is 0 Å². The molecule has 0 aromatic rings. The predicted octanol–water partition coefficient (Wildman–Crippen LogP) is 0.835. The molecule has 0 aliphatic heterocycles. The van der Waals surface area contributed by atoms with E-state index in [1.165, 1.54) is 0 Å². The Bertz CT molecular complexity index is 93.9. The van der Waals surface area contributed by atoms with Crippen LogP contribution < -0.4 is 11.5 Å². The minimum Gasteiger partial charge on any atom is -0.326 e. The lowest BCUT2D eigenvalue weighted by Crippen LogP contribution is -2.41. The Balaban J connectivity index is 0. The fraction of sp³-hybridized carbons (Fsp3) is 0.667. The Hall–Kier alpha value is 0.240. The lowest BCUT2D eigenvalue weighted by molar-refractivity contribution is 0.516. The maximum Gasteiger partial charge on any atom is 0.0230 e. The lowest BCUT2D eigenvalue weighted by Gasteiger charge is -2.19. The molecule has 0 saturated heterocycles. The third-order valence-electron chi connectivity index (χ3n) is 1.53. The molecule has 0 radical (unpaired) electrons. The Kier molecular flexibility index (Phi) is 7.70. The number of halogens is 2. The molecule has 2 nitrogen and oxygen atoms in total. The highest BCUT2D eigenvalue weighted by molar-refractivity contribution is 5.85. The van der Waals surface area contributed by atoms with Gasteiger partial charge in [0.25, 0.3) is 0 Å². The van der Waals surface area contributed by atoms with Gasteiger partial charge in [-0.3, -0.25) is 0 Å². The normalized spacial score (nSPS) is 30.2. The topological polar surface area (TPSA) is 52.0 Å². The molecule has 0 saturated carbocycles. The van der Waals surface area contributed by atoms with Gasteiger partial charge in [0, 0.05) is 12.1 Å². The van der Waals surface area contributed by atoms with E-state index in [1.54, 1.807) is 0 Å². The number of hydrogen-bond donors (Lipinski definition) is 2. The Morgan fingerprint density at radius 2 is 1.20 bits per heavy atom. The van der Waals surface area contributed by atoms with Gasteiger partial charge in [-0.05, 0) is 12.8 Å². The Labute approximate surface area is 73.9 Å². The van der Waals surface area contributed by atoms with Crippen molar-refractivity contribution in [2.45, 2.75) is 24.9 Å². The molecule has 4 heteroatoms. The van der Waals surface area contributed by atoms with Crippen LogP contribution in [0.5, 0.6) is 0 Å². The minimum atomic E-state index is 0. The van der Waals surface area contributed by atoms with Gasteiger partial charge < -0.3 is 11.5 Å². The van der Waals surface area contributed by atoms with Crippen molar-refractivity contribution in [1.29, 1.82) is 0 Å². The summed E-state index contributed by atoms with van der Waals surface area (Å²) in [4.78, 5) is 0. The first-order valence-electron chi connectivity index (χ1n) is 2.97. The molecule has 10 heavy (non-hydrogen) atoms. The summed E-state index contributed by atoms with van der Waals surface area (Å²) in [5.74, 6) is 0. The Morgan fingerprint density at radius 3 is 1.40 bits per heavy atom. The molecule has 62 valence electrons. The summed E-state index contributed by atoms with van der Waals surface area (Å²) in [7, 11) is 0. The SMILES string of the molecule is Cl.Cl.N[C@@H]1CC=CC[C@@H]1N. The van der Waals surface area contributed by atoms with E-state index < -0.39 is 0 Å². The van der Waals surface area contributed by atoms with Crippen LogP contribution in [0.15, 0.2) is 12.2 Å². The summed E-state index contributed by atoms with van der Waals surface area (Å²) in [5, 5.41) is 0. The van der Waals surface area contributed by atoms with Crippen LogP contribution in [0.2, 0.25) is 0 Å².